The lowest BCUT2D eigenvalue weighted by molar-refractivity contribution is 0.102. The van der Waals surface area contributed by atoms with Gasteiger partial charge in [-0.05, 0) is 84.1 Å². The number of aryl methyl sites for hydroxylation is 1. The zero-order valence-corrected chi connectivity index (χ0v) is 18.5. The second-order valence-corrected chi connectivity index (χ2v) is 9.41. The van der Waals surface area contributed by atoms with Gasteiger partial charge in [0.25, 0.3) is 15.9 Å². The van der Waals surface area contributed by atoms with Gasteiger partial charge in [-0.2, -0.15) is 0 Å². The monoisotopic (exact) mass is 526 g/mol. The molecule has 0 heterocycles. The van der Waals surface area contributed by atoms with Crippen molar-refractivity contribution in [3.05, 3.63) is 86.4 Å². The van der Waals surface area contributed by atoms with Crippen LogP contribution in [0.2, 0.25) is 5.02 Å². The molecule has 0 unspecified atom stereocenters. The minimum atomic E-state index is -3.77. The van der Waals surface area contributed by atoms with Gasteiger partial charge in [-0.3, -0.25) is 9.52 Å². The molecule has 0 bridgehead atoms. The minimum Gasteiger partial charge on any atom is -0.322 e. The van der Waals surface area contributed by atoms with Crippen LogP contribution in [0.3, 0.4) is 0 Å². The third kappa shape index (κ3) is 5.03. The Hall–Kier alpha value is -2.10. The number of benzene rings is 3. The quantitative estimate of drug-likeness (QED) is 0.443. The lowest BCUT2D eigenvalue weighted by Gasteiger charge is -2.11. The maximum Gasteiger partial charge on any atom is 0.261 e. The number of carbonyl (C=O) groups is 1. The highest BCUT2D eigenvalue weighted by molar-refractivity contribution is 14.1. The Labute approximate surface area is 182 Å². The number of rotatable bonds is 5. The average molecular weight is 527 g/mol. The maximum absolute atomic E-state index is 12.5. The summed E-state index contributed by atoms with van der Waals surface area (Å²) in [5.74, 6) is -0.337. The van der Waals surface area contributed by atoms with E-state index in [2.05, 4.69) is 32.6 Å². The van der Waals surface area contributed by atoms with E-state index in [4.69, 9.17) is 11.6 Å². The predicted molar refractivity (Wildman–Crippen MR) is 121 cm³/mol. The Kier molecular flexibility index (Phi) is 6.26. The molecule has 144 valence electrons. The number of hydrogen-bond acceptors (Lipinski definition) is 3. The standard InChI is InChI=1S/C20H16ClIN2O3S/c1-13-2-9-17(10-3-13)28(26,27)24-19-11-4-14(12-18(19)21)20(25)23-16-7-5-15(22)6-8-16/h2-12,24H,1H3,(H,23,25). The molecule has 0 aliphatic rings. The van der Waals surface area contributed by atoms with Crippen molar-refractivity contribution in [2.45, 2.75) is 11.8 Å². The highest BCUT2D eigenvalue weighted by atomic mass is 127. The molecule has 0 aliphatic carbocycles. The molecule has 0 aliphatic heterocycles. The molecule has 2 N–H and O–H groups in total. The molecule has 28 heavy (non-hydrogen) atoms. The Morgan fingerprint density at radius 3 is 2.21 bits per heavy atom. The molecule has 0 fully saturated rings. The first kappa shape index (κ1) is 20.6. The summed E-state index contributed by atoms with van der Waals surface area (Å²) in [5.41, 5.74) is 2.14. The molecule has 5 nitrogen and oxygen atoms in total. The number of halogens is 2. The van der Waals surface area contributed by atoms with Gasteiger partial charge < -0.3 is 5.32 Å². The first-order valence-corrected chi connectivity index (χ1v) is 11.1. The predicted octanol–water partition coefficient (Wildman–Crippen LogP) is 5.31. The van der Waals surface area contributed by atoms with E-state index in [1.807, 2.05) is 19.1 Å². The zero-order chi connectivity index (χ0) is 20.3. The summed E-state index contributed by atoms with van der Waals surface area (Å²) >= 11 is 8.39. The van der Waals surface area contributed by atoms with Crippen LogP contribution in [0.15, 0.2) is 71.6 Å². The summed E-state index contributed by atoms with van der Waals surface area (Å²) in [6.07, 6.45) is 0. The number of carbonyl (C=O) groups excluding carboxylic acids is 1. The van der Waals surface area contributed by atoms with Crippen molar-refractivity contribution in [1.82, 2.24) is 0 Å². The van der Waals surface area contributed by atoms with E-state index in [1.165, 1.54) is 30.3 Å². The summed E-state index contributed by atoms with van der Waals surface area (Å²) in [5, 5.41) is 2.90. The van der Waals surface area contributed by atoms with E-state index in [-0.39, 0.29) is 21.5 Å². The Morgan fingerprint density at radius 2 is 1.61 bits per heavy atom. The molecule has 3 rings (SSSR count). The van der Waals surface area contributed by atoms with Crippen LogP contribution in [0.4, 0.5) is 11.4 Å². The molecular weight excluding hydrogens is 511 g/mol. The molecule has 0 saturated carbocycles. The lowest BCUT2D eigenvalue weighted by atomic mass is 10.2. The number of nitrogens with one attached hydrogen (secondary N) is 2. The van der Waals surface area contributed by atoms with Crippen molar-refractivity contribution in [3.63, 3.8) is 0 Å². The smallest absolute Gasteiger partial charge is 0.261 e. The van der Waals surface area contributed by atoms with Crippen LogP contribution < -0.4 is 10.0 Å². The second kappa shape index (κ2) is 8.50. The van der Waals surface area contributed by atoms with Crippen molar-refractivity contribution >= 4 is 61.5 Å². The number of sulfonamides is 1. The molecule has 3 aromatic rings. The number of hydrogen-bond donors (Lipinski definition) is 2. The summed E-state index contributed by atoms with van der Waals surface area (Å²) in [6, 6.07) is 18.2. The van der Waals surface area contributed by atoms with Gasteiger partial charge in [0.15, 0.2) is 0 Å². The van der Waals surface area contributed by atoms with Crippen LogP contribution in [0.25, 0.3) is 0 Å². The van der Waals surface area contributed by atoms with E-state index in [0.717, 1.165) is 9.13 Å². The molecule has 0 spiro atoms. The van der Waals surface area contributed by atoms with Gasteiger partial charge in [-0.1, -0.05) is 29.3 Å². The third-order valence-electron chi connectivity index (χ3n) is 3.91. The molecule has 1 amide bonds. The summed E-state index contributed by atoms with van der Waals surface area (Å²) in [7, 11) is -3.77. The Bertz CT molecular complexity index is 1120. The van der Waals surface area contributed by atoms with Crippen LogP contribution in [0, 0.1) is 10.5 Å². The normalized spacial score (nSPS) is 11.1. The minimum absolute atomic E-state index is 0.131. The highest BCUT2D eigenvalue weighted by Gasteiger charge is 2.17. The van der Waals surface area contributed by atoms with Crippen molar-refractivity contribution in [2.75, 3.05) is 10.0 Å². The van der Waals surface area contributed by atoms with Crippen molar-refractivity contribution in [3.8, 4) is 0 Å². The SMILES string of the molecule is Cc1ccc(S(=O)(=O)Nc2ccc(C(=O)Nc3ccc(I)cc3)cc2Cl)cc1. The zero-order valence-electron chi connectivity index (χ0n) is 14.7. The second-order valence-electron chi connectivity index (χ2n) is 6.07. The molecule has 3 aromatic carbocycles. The Balaban J connectivity index is 1.77. The van der Waals surface area contributed by atoms with Crippen LogP contribution in [-0.2, 0) is 10.0 Å². The van der Waals surface area contributed by atoms with E-state index >= 15 is 0 Å². The largest absolute Gasteiger partial charge is 0.322 e. The third-order valence-corrected chi connectivity index (χ3v) is 6.32. The molecule has 0 radical (unpaired) electrons. The number of anilines is 2. The molecule has 0 aromatic heterocycles. The average Bonchev–Trinajstić information content (AvgIpc) is 2.65. The summed E-state index contributed by atoms with van der Waals surface area (Å²) in [4.78, 5) is 12.5. The van der Waals surface area contributed by atoms with Crippen LogP contribution >= 0.6 is 34.2 Å². The van der Waals surface area contributed by atoms with E-state index in [0.29, 0.717) is 11.3 Å². The summed E-state index contributed by atoms with van der Waals surface area (Å²) < 4.78 is 28.5. The first-order valence-electron chi connectivity index (χ1n) is 8.20. The maximum atomic E-state index is 12.5. The van der Waals surface area contributed by atoms with Gasteiger partial charge >= 0.3 is 0 Å². The van der Waals surface area contributed by atoms with Crippen molar-refractivity contribution in [1.29, 1.82) is 0 Å². The van der Waals surface area contributed by atoms with Gasteiger partial charge in [0.1, 0.15) is 0 Å². The van der Waals surface area contributed by atoms with E-state index < -0.39 is 10.0 Å². The fraction of sp³-hybridized carbons (Fsp3) is 0.0500. The van der Waals surface area contributed by atoms with E-state index in [1.54, 1.807) is 24.3 Å². The molecule has 0 saturated heterocycles. The molecule has 8 heteroatoms. The van der Waals surface area contributed by atoms with E-state index in [9.17, 15) is 13.2 Å². The van der Waals surface area contributed by atoms with Gasteiger partial charge in [-0.15, -0.1) is 0 Å². The number of amides is 1. The van der Waals surface area contributed by atoms with Crippen LogP contribution in [-0.4, -0.2) is 14.3 Å². The highest BCUT2D eigenvalue weighted by Crippen LogP contribution is 2.26. The van der Waals surface area contributed by atoms with Gasteiger partial charge in [0, 0.05) is 14.8 Å². The topological polar surface area (TPSA) is 75.3 Å². The van der Waals surface area contributed by atoms with Gasteiger partial charge in [0.05, 0.1) is 15.6 Å². The van der Waals surface area contributed by atoms with Gasteiger partial charge in [-0.25, -0.2) is 8.42 Å². The molecular formula is C20H16ClIN2O3S. The van der Waals surface area contributed by atoms with Crippen LogP contribution in [0.1, 0.15) is 15.9 Å². The van der Waals surface area contributed by atoms with Crippen molar-refractivity contribution < 1.29 is 13.2 Å². The van der Waals surface area contributed by atoms with Crippen LogP contribution in [0.5, 0.6) is 0 Å². The Morgan fingerprint density at radius 1 is 0.964 bits per heavy atom. The lowest BCUT2D eigenvalue weighted by Crippen LogP contribution is -2.15. The van der Waals surface area contributed by atoms with Gasteiger partial charge in [0.2, 0.25) is 0 Å². The van der Waals surface area contributed by atoms with Crippen molar-refractivity contribution in [2.24, 2.45) is 0 Å². The summed E-state index contributed by atoms with van der Waals surface area (Å²) in [6.45, 7) is 1.88. The fourth-order valence-corrected chi connectivity index (χ4v) is 4.12. The molecule has 0 atom stereocenters. The fourth-order valence-electron chi connectivity index (χ4n) is 2.40. The first-order chi connectivity index (χ1) is 13.2.